The van der Waals surface area contributed by atoms with Gasteiger partial charge in [-0.15, -0.1) is 0 Å². The van der Waals surface area contributed by atoms with Gasteiger partial charge in [-0.3, -0.25) is 14.4 Å². The van der Waals surface area contributed by atoms with Crippen molar-refractivity contribution >= 4 is 17.7 Å². The fourth-order valence-electron chi connectivity index (χ4n) is 5.68. The minimum absolute atomic E-state index is 0.0235. The van der Waals surface area contributed by atoms with Gasteiger partial charge in [0, 0.05) is 43.0 Å². The molecule has 3 aliphatic heterocycles. The van der Waals surface area contributed by atoms with Crippen LogP contribution < -0.4 is 15.5 Å². The van der Waals surface area contributed by atoms with Gasteiger partial charge in [-0.25, -0.2) is 17.6 Å². The van der Waals surface area contributed by atoms with Crippen LogP contribution in [0.15, 0.2) is 28.3 Å². The molecule has 14 heteroatoms. The Labute approximate surface area is 238 Å². The zero-order valence-corrected chi connectivity index (χ0v) is 23.2. The molecule has 1 spiro atoms. The summed E-state index contributed by atoms with van der Waals surface area (Å²) in [7, 11) is 1.25. The first-order valence-corrected chi connectivity index (χ1v) is 13.6. The highest BCUT2D eigenvalue weighted by molar-refractivity contribution is 5.99. The molecule has 2 aromatic rings. The van der Waals surface area contributed by atoms with Crippen LogP contribution in [0.2, 0.25) is 0 Å². The molecule has 3 aliphatic rings. The van der Waals surface area contributed by atoms with Crippen molar-refractivity contribution in [1.29, 1.82) is 0 Å². The van der Waals surface area contributed by atoms with Crippen molar-refractivity contribution in [3.63, 3.8) is 0 Å². The monoisotopic (exact) mass is 594 g/mol. The molecule has 1 aromatic heterocycles. The molecular weight excluding hydrogens is 564 g/mol. The average molecular weight is 595 g/mol. The number of benzene rings is 1. The maximum atomic E-state index is 15.9. The number of amides is 2. The number of alkyl halides is 1. The van der Waals surface area contributed by atoms with Crippen molar-refractivity contribution in [1.82, 2.24) is 14.8 Å². The van der Waals surface area contributed by atoms with Gasteiger partial charge in [-0.1, -0.05) is 13.3 Å². The highest BCUT2D eigenvalue weighted by Crippen LogP contribution is 2.47. The van der Waals surface area contributed by atoms with E-state index in [9.17, 15) is 27.6 Å². The van der Waals surface area contributed by atoms with Crippen molar-refractivity contribution in [2.24, 2.45) is 5.16 Å². The van der Waals surface area contributed by atoms with E-state index in [4.69, 9.17) is 14.3 Å². The maximum absolute atomic E-state index is 15.9. The van der Waals surface area contributed by atoms with Crippen molar-refractivity contribution in [3.8, 4) is 5.75 Å². The van der Waals surface area contributed by atoms with Crippen molar-refractivity contribution in [2.45, 2.75) is 69.9 Å². The standard InChI is InChI=1S/C28H30F4N4O6/c1-4-5-8-41-23-21-27(39)35-13-20(28(7-6-14(35)2)24(32)26(40-3)34-42-28)36(21)12-17(22(23)37)25(38)33-11-16-18(30)9-15(29)10-19(16)31/h9-10,12,14,20,24H,4-8,11,13H2,1-3H3,(H,33,38)/t14-,20+,24-,28+/m0/s1. The molecule has 5 rings (SSSR count). The Bertz CT molecular complexity index is 1490. The van der Waals surface area contributed by atoms with E-state index in [1.54, 1.807) is 6.92 Å². The molecule has 2 amide bonds. The fraction of sp³-hybridized carbons (Fsp3) is 0.500. The highest BCUT2D eigenvalue weighted by Gasteiger charge is 2.61. The Morgan fingerprint density at radius 2 is 1.95 bits per heavy atom. The molecule has 4 atom stereocenters. The number of ether oxygens (including phenoxy) is 2. The van der Waals surface area contributed by atoms with Crippen LogP contribution in [0.1, 0.15) is 72.0 Å². The summed E-state index contributed by atoms with van der Waals surface area (Å²) in [5.41, 5.74) is -3.86. The summed E-state index contributed by atoms with van der Waals surface area (Å²) in [5, 5.41) is 6.07. The van der Waals surface area contributed by atoms with Crippen molar-refractivity contribution < 1.29 is 41.5 Å². The predicted molar refractivity (Wildman–Crippen MR) is 141 cm³/mol. The summed E-state index contributed by atoms with van der Waals surface area (Å²) in [6.45, 7) is 3.02. The van der Waals surface area contributed by atoms with Gasteiger partial charge in [0.15, 0.2) is 17.0 Å². The zero-order chi connectivity index (χ0) is 30.3. The van der Waals surface area contributed by atoms with Gasteiger partial charge >= 0.3 is 0 Å². The van der Waals surface area contributed by atoms with Crippen LogP contribution in [-0.2, 0) is 16.1 Å². The van der Waals surface area contributed by atoms with Gasteiger partial charge < -0.3 is 29.1 Å². The van der Waals surface area contributed by atoms with Crippen molar-refractivity contribution in [3.05, 3.63) is 62.8 Å². The van der Waals surface area contributed by atoms with Crippen LogP contribution in [0.5, 0.6) is 5.75 Å². The lowest BCUT2D eigenvalue weighted by atomic mass is 9.84. The Balaban J connectivity index is 1.62. The maximum Gasteiger partial charge on any atom is 0.274 e. The van der Waals surface area contributed by atoms with Crippen LogP contribution in [0, 0.1) is 17.5 Å². The molecule has 42 heavy (non-hydrogen) atoms. The second-order valence-electron chi connectivity index (χ2n) is 10.6. The molecule has 4 heterocycles. The zero-order valence-electron chi connectivity index (χ0n) is 23.2. The number of nitrogens with one attached hydrogen (secondary N) is 1. The number of aromatic nitrogens is 1. The van der Waals surface area contributed by atoms with E-state index in [-0.39, 0.29) is 37.2 Å². The topological polar surface area (TPSA) is 111 Å². The number of methoxy groups -OCH3 is 1. The Kier molecular flexibility index (Phi) is 7.90. The molecule has 0 radical (unpaired) electrons. The number of pyridine rings is 1. The first-order valence-electron chi connectivity index (χ1n) is 13.6. The molecule has 2 bridgehead atoms. The predicted octanol–water partition coefficient (Wildman–Crippen LogP) is 3.62. The fourth-order valence-corrected chi connectivity index (χ4v) is 5.68. The first-order chi connectivity index (χ1) is 20.0. The number of hydrogen-bond acceptors (Lipinski definition) is 7. The average Bonchev–Trinajstić information content (AvgIpc) is 3.20. The summed E-state index contributed by atoms with van der Waals surface area (Å²) < 4.78 is 69.9. The molecule has 0 aliphatic carbocycles. The smallest absolute Gasteiger partial charge is 0.274 e. The third kappa shape index (κ3) is 4.75. The number of rotatable bonds is 7. The molecule has 0 saturated carbocycles. The summed E-state index contributed by atoms with van der Waals surface area (Å²) in [4.78, 5) is 48.0. The third-order valence-corrected chi connectivity index (χ3v) is 8.09. The van der Waals surface area contributed by atoms with Gasteiger partial charge in [0.1, 0.15) is 23.0 Å². The molecular formula is C28H30F4N4O6. The van der Waals surface area contributed by atoms with Gasteiger partial charge in [0.2, 0.25) is 11.6 Å². The van der Waals surface area contributed by atoms with Crippen LogP contribution in [0.4, 0.5) is 17.6 Å². The second kappa shape index (κ2) is 11.3. The normalized spacial score (nSPS) is 24.5. The van der Waals surface area contributed by atoms with E-state index in [1.165, 1.54) is 16.6 Å². The number of oxime groups is 1. The SMILES string of the molecule is CCCCOc1c2n(cc(C(=O)NCc3c(F)cc(F)cc3F)c1=O)[C@@H]1CN(C2=O)[C@@H](C)CC[C@@]12ON=C(OC)[C@@H]2F. The van der Waals surface area contributed by atoms with E-state index in [2.05, 4.69) is 10.5 Å². The lowest BCUT2D eigenvalue weighted by Gasteiger charge is -2.42. The molecule has 1 aromatic carbocycles. The number of halogens is 4. The van der Waals surface area contributed by atoms with E-state index < -0.39 is 75.9 Å². The van der Waals surface area contributed by atoms with E-state index in [0.717, 1.165) is 6.20 Å². The van der Waals surface area contributed by atoms with Crippen LogP contribution in [0.25, 0.3) is 0 Å². The number of carbonyl (C=O) groups is 2. The summed E-state index contributed by atoms with van der Waals surface area (Å²) in [6.07, 6.45) is 0.989. The molecule has 1 saturated heterocycles. The van der Waals surface area contributed by atoms with Crippen LogP contribution >= 0.6 is 0 Å². The van der Waals surface area contributed by atoms with E-state index in [0.29, 0.717) is 31.4 Å². The largest absolute Gasteiger partial charge is 0.487 e. The van der Waals surface area contributed by atoms with E-state index in [1.807, 2.05) is 6.92 Å². The molecule has 226 valence electrons. The number of nitrogens with zero attached hydrogens (tertiary/aromatic N) is 3. The Morgan fingerprint density at radius 3 is 2.60 bits per heavy atom. The quantitative estimate of drug-likeness (QED) is 0.387. The number of carbonyl (C=O) groups excluding carboxylic acids is 2. The number of unbranched alkanes of at least 4 members (excludes halogenated alkanes) is 1. The van der Waals surface area contributed by atoms with Gasteiger partial charge in [0.05, 0.1) is 19.8 Å². The number of fused-ring (bicyclic) bond motifs is 5. The molecule has 0 unspecified atom stereocenters. The van der Waals surface area contributed by atoms with Crippen LogP contribution in [0.3, 0.4) is 0 Å². The summed E-state index contributed by atoms with van der Waals surface area (Å²) in [5.74, 6) is -5.84. The molecule has 1 fully saturated rings. The van der Waals surface area contributed by atoms with Gasteiger partial charge in [0.25, 0.3) is 17.7 Å². The van der Waals surface area contributed by atoms with Gasteiger partial charge in [-0.2, -0.15) is 0 Å². The van der Waals surface area contributed by atoms with Crippen molar-refractivity contribution in [2.75, 3.05) is 20.3 Å². The highest BCUT2D eigenvalue weighted by atomic mass is 19.1. The first kappa shape index (κ1) is 29.4. The Hall–Kier alpha value is -4.10. The second-order valence-corrected chi connectivity index (χ2v) is 10.6. The third-order valence-electron chi connectivity index (χ3n) is 8.09. The minimum Gasteiger partial charge on any atom is -0.487 e. The summed E-state index contributed by atoms with van der Waals surface area (Å²) in [6, 6.07) is -0.382. The molecule has 1 N–H and O–H groups in total. The number of hydrogen-bond donors (Lipinski definition) is 1. The molecule has 10 nitrogen and oxygen atoms in total. The Morgan fingerprint density at radius 1 is 1.24 bits per heavy atom. The van der Waals surface area contributed by atoms with E-state index >= 15 is 4.39 Å². The summed E-state index contributed by atoms with van der Waals surface area (Å²) >= 11 is 0. The lowest BCUT2D eigenvalue weighted by Crippen LogP contribution is -2.56. The van der Waals surface area contributed by atoms with Crippen LogP contribution in [-0.4, -0.2) is 65.3 Å². The minimum atomic E-state index is -1.83. The lowest BCUT2D eigenvalue weighted by molar-refractivity contribution is -0.0960. The van der Waals surface area contributed by atoms with Gasteiger partial charge in [-0.05, 0) is 31.3 Å².